The molecule has 112 valence electrons. The summed E-state index contributed by atoms with van der Waals surface area (Å²) in [7, 11) is 0. The van der Waals surface area contributed by atoms with Crippen molar-refractivity contribution < 1.29 is 9.13 Å². The normalized spacial score (nSPS) is 21.9. The van der Waals surface area contributed by atoms with Gasteiger partial charge in [0.05, 0.1) is 18.8 Å². The number of ether oxygens (including phenoxy) is 1. The van der Waals surface area contributed by atoms with Gasteiger partial charge < -0.3 is 4.74 Å². The van der Waals surface area contributed by atoms with Crippen molar-refractivity contribution in [1.29, 1.82) is 0 Å². The summed E-state index contributed by atoms with van der Waals surface area (Å²) < 4.78 is 19.7. The number of morpholine rings is 1. The van der Waals surface area contributed by atoms with Gasteiger partial charge in [-0.1, -0.05) is 28.9 Å². The molecule has 0 radical (unpaired) electrons. The molecule has 2 unspecified atom stereocenters. The molecule has 0 saturated carbocycles. The number of hydrogen-bond acceptors (Lipinski definition) is 4. The summed E-state index contributed by atoms with van der Waals surface area (Å²) in [6.07, 6.45) is 0.741. The van der Waals surface area contributed by atoms with E-state index in [4.69, 9.17) is 10.6 Å². The van der Waals surface area contributed by atoms with Crippen molar-refractivity contribution in [3.8, 4) is 0 Å². The Kier molecular flexibility index (Phi) is 5.92. The smallest absolute Gasteiger partial charge is 0.124 e. The fourth-order valence-corrected chi connectivity index (χ4v) is 3.00. The molecule has 6 heteroatoms. The molecule has 2 rings (SSSR count). The first-order valence-electron chi connectivity index (χ1n) is 6.88. The molecule has 4 nitrogen and oxygen atoms in total. The van der Waals surface area contributed by atoms with Crippen LogP contribution in [0, 0.1) is 5.82 Å². The molecule has 2 atom stereocenters. The molecule has 0 aromatic heterocycles. The number of hydrogen-bond donors (Lipinski definition) is 2. The zero-order valence-corrected chi connectivity index (χ0v) is 13.2. The van der Waals surface area contributed by atoms with Gasteiger partial charge in [-0.15, -0.1) is 0 Å². The molecule has 1 heterocycles. The minimum absolute atomic E-state index is 0.00566. The maximum atomic E-state index is 13.1. The van der Waals surface area contributed by atoms with Gasteiger partial charge in [-0.3, -0.25) is 16.2 Å². The predicted octanol–water partition coefficient (Wildman–Crippen LogP) is 1.68. The molecule has 1 fully saturated rings. The van der Waals surface area contributed by atoms with Crippen molar-refractivity contribution in [3.63, 3.8) is 0 Å². The van der Waals surface area contributed by atoms with Gasteiger partial charge in [-0.25, -0.2) is 4.39 Å². The molecule has 0 aliphatic carbocycles. The van der Waals surface area contributed by atoms with E-state index in [2.05, 4.69) is 33.2 Å². The van der Waals surface area contributed by atoms with Crippen molar-refractivity contribution in [2.24, 2.45) is 5.84 Å². The van der Waals surface area contributed by atoms with E-state index in [0.717, 1.165) is 36.3 Å². The molecule has 1 aromatic carbocycles. The third kappa shape index (κ3) is 3.99. The van der Waals surface area contributed by atoms with Gasteiger partial charge in [0.1, 0.15) is 5.82 Å². The maximum absolute atomic E-state index is 13.1. The number of benzene rings is 1. The highest BCUT2D eigenvalue weighted by molar-refractivity contribution is 9.10. The Bertz CT molecular complexity index is 446. The first-order chi connectivity index (χ1) is 9.63. The Balaban J connectivity index is 2.04. The van der Waals surface area contributed by atoms with Crippen LogP contribution < -0.4 is 11.3 Å². The van der Waals surface area contributed by atoms with Crippen molar-refractivity contribution in [2.45, 2.75) is 25.5 Å². The average molecular weight is 346 g/mol. The van der Waals surface area contributed by atoms with Gasteiger partial charge in [-0.2, -0.15) is 0 Å². The van der Waals surface area contributed by atoms with Gasteiger partial charge in [0.2, 0.25) is 0 Å². The quantitative estimate of drug-likeness (QED) is 0.629. The summed E-state index contributed by atoms with van der Waals surface area (Å²) in [5.41, 5.74) is 3.86. The van der Waals surface area contributed by atoms with Gasteiger partial charge in [0.25, 0.3) is 0 Å². The molecule has 1 aliphatic heterocycles. The third-order valence-corrected chi connectivity index (χ3v) is 4.48. The summed E-state index contributed by atoms with van der Waals surface area (Å²) in [5, 5.41) is 0. The topological polar surface area (TPSA) is 50.5 Å². The van der Waals surface area contributed by atoms with E-state index in [1.807, 2.05) is 0 Å². The minimum atomic E-state index is -0.246. The predicted molar refractivity (Wildman–Crippen MR) is 80.8 cm³/mol. The number of nitrogens with one attached hydrogen (secondary N) is 1. The van der Waals surface area contributed by atoms with Crippen molar-refractivity contribution in [3.05, 3.63) is 34.1 Å². The molecule has 1 saturated heterocycles. The highest BCUT2D eigenvalue weighted by Gasteiger charge is 2.27. The first-order valence-corrected chi connectivity index (χ1v) is 7.67. The number of halogens is 2. The standard InChI is InChI=1S/C14H21BrFN3O/c1-2-19-5-6-20-14(9-19)13(18-17)7-10-3-4-11(16)8-12(10)15/h3-4,8,13-14,18H,2,5-7,9,17H2,1H3. The van der Waals surface area contributed by atoms with Crippen molar-refractivity contribution >= 4 is 15.9 Å². The molecule has 1 aromatic rings. The van der Waals surface area contributed by atoms with Crippen molar-refractivity contribution in [2.75, 3.05) is 26.2 Å². The highest BCUT2D eigenvalue weighted by atomic mass is 79.9. The van der Waals surface area contributed by atoms with E-state index in [-0.39, 0.29) is 18.0 Å². The molecule has 1 aliphatic rings. The summed E-state index contributed by atoms with van der Waals surface area (Å²) in [5.74, 6) is 5.43. The largest absolute Gasteiger partial charge is 0.374 e. The van der Waals surface area contributed by atoms with Gasteiger partial charge in [-0.05, 0) is 30.7 Å². The first kappa shape index (κ1) is 15.9. The van der Waals surface area contributed by atoms with E-state index in [1.165, 1.54) is 12.1 Å². The van der Waals surface area contributed by atoms with E-state index in [1.54, 1.807) is 6.07 Å². The Labute approximate surface area is 127 Å². The van der Waals surface area contributed by atoms with Crippen LogP contribution in [0.25, 0.3) is 0 Å². The maximum Gasteiger partial charge on any atom is 0.124 e. The lowest BCUT2D eigenvalue weighted by molar-refractivity contribution is -0.0448. The van der Waals surface area contributed by atoms with E-state index in [0.29, 0.717) is 6.42 Å². The van der Waals surface area contributed by atoms with Gasteiger partial charge in [0.15, 0.2) is 0 Å². The fraction of sp³-hybridized carbons (Fsp3) is 0.571. The van der Waals surface area contributed by atoms with Crippen LogP contribution in [0.2, 0.25) is 0 Å². The Morgan fingerprint density at radius 3 is 3.05 bits per heavy atom. The van der Waals surface area contributed by atoms with Crippen LogP contribution in [-0.2, 0) is 11.2 Å². The lowest BCUT2D eigenvalue weighted by Crippen LogP contribution is -2.54. The van der Waals surface area contributed by atoms with E-state index in [9.17, 15) is 4.39 Å². The Morgan fingerprint density at radius 2 is 2.40 bits per heavy atom. The summed E-state index contributed by atoms with van der Waals surface area (Å²) in [6, 6.07) is 4.73. The summed E-state index contributed by atoms with van der Waals surface area (Å²) in [6.45, 7) is 5.71. The van der Waals surface area contributed by atoms with Gasteiger partial charge >= 0.3 is 0 Å². The summed E-state index contributed by atoms with van der Waals surface area (Å²) >= 11 is 3.39. The van der Waals surface area contributed by atoms with Crippen LogP contribution in [0.3, 0.4) is 0 Å². The fourth-order valence-electron chi connectivity index (χ4n) is 2.48. The molecule has 0 bridgehead atoms. The minimum Gasteiger partial charge on any atom is -0.374 e. The molecular formula is C14H21BrFN3O. The van der Waals surface area contributed by atoms with E-state index < -0.39 is 0 Å². The van der Waals surface area contributed by atoms with Crippen LogP contribution in [0.4, 0.5) is 4.39 Å². The zero-order chi connectivity index (χ0) is 14.5. The lowest BCUT2D eigenvalue weighted by Gasteiger charge is -2.36. The van der Waals surface area contributed by atoms with Crippen LogP contribution in [-0.4, -0.2) is 43.3 Å². The molecule has 20 heavy (non-hydrogen) atoms. The second-order valence-electron chi connectivity index (χ2n) is 5.02. The zero-order valence-electron chi connectivity index (χ0n) is 11.6. The van der Waals surface area contributed by atoms with Crippen LogP contribution >= 0.6 is 15.9 Å². The molecule has 3 N–H and O–H groups in total. The van der Waals surface area contributed by atoms with Crippen molar-refractivity contribution in [1.82, 2.24) is 10.3 Å². The van der Waals surface area contributed by atoms with Crippen LogP contribution in [0.1, 0.15) is 12.5 Å². The molecule has 0 amide bonds. The SMILES string of the molecule is CCN1CCOC(C(Cc2ccc(F)cc2Br)NN)C1. The summed E-state index contributed by atoms with van der Waals surface area (Å²) in [4.78, 5) is 2.35. The number of rotatable bonds is 5. The number of likely N-dealkylation sites (N-methyl/N-ethyl adjacent to an activating group) is 1. The number of nitrogens with zero attached hydrogens (tertiary/aromatic N) is 1. The highest BCUT2D eigenvalue weighted by Crippen LogP contribution is 2.21. The Morgan fingerprint density at radius 1 is 1.60 bits per heavy atom. The molecular weight excluding hydrogens is 325 g/mol. The number of hydrazine groups is 1. The van der Waals surface area contributed by atoms with Crippen LogP contribution in [0.5, 0.6) is 0 Å². The molecule has 0 spiro atoms. The van der Waals surface area contributed by atoms with Gasteiger partial charge in [0, 0.05) is 17.6 Å². The average Bonchev–Trinajstić information content (AvgIpc) is 2.46. The van der Waals surface area contributed by atoms with E-state index >= 15 is 0 Å². The monoisotopic (exact) mass is 345 g/mol. The second kappa shape index (κ2) is 7.47. The third-order valence-electron chi connectivity index (χ3n) is 3.74. The Hall–Kier alpha value is -0.530. The van der Waals surface area contributed by atoms with Crippen LogP contribution in [0.15, 0.2) is 22.7 Å². The number of nitrogens with two attached hydrogens (primary N) is 1. The lowest BCUT2D eigenvalue weighted by atomic mass is 10.0. The second-order valence-corrected chi connectivity index (χ2v) is 5.87.